The molecule has 0 aliphatic rings. The molecule has 0 atom stereocenters. The molecule has 3 rings (SSSR count). The first kappa shape index (κ1) is 16.0. The highest BCUT2D eigenvalue weighted by Gasteiger charge is 2.20. The van der Waals surface area contributed by atoms with E-state index in [1.54, 1.807) is 18.3 Å². The molecular weight excluding hydrogens is 304 g/mol. The largest absolute Gasteiger partial charge is 0.507 e. The van der Waals surface area contributed by atoms with Gasteiger partial charge < -0.3 is 15.1 Å². The van der Waals surface area contributed by atoms with Crippen LogP contribution in [-0.2, 0) is 6.54 Å². The Morgan fingerprint density at radius 2 is 1.88 bits per heavy atom. The predicted octanol–water partition coefficient (Wildman–Crippen LogP) is 2.58. The van der Waals surface area contributed by atoms with Gasteiger partial charge >= 0.3 is 0 Å². The van der Waals surface area contributed by atoms with Gasteiger partial charge in [-0.3, -0.25) is 9.78 Å². The van der Waals surface area contributed by atoms with E-state index in [1.807, 2.05) is 36.4 Å². The third-order valence-corrected chi connectivity index (χ3v) is 3.82. The summed E-state index contributed by atoms with van der Waals surface area (Å²) in [5.74, 6) is -0.422. The van der Waals surface area contributed by atoms with Crippen LogP contribution in [-0.4, -0.2) is 39.2 Å². The Morgan fingerprint density at radius 3 is 2.62 bits per heavy atom. The van der Waals surface area contributed by atoms with Gasteiger partial charge in [0.2, 0.25) is 0 Å². The lowest BCUT2D eigenvalue weighted by atomic mass is 10.1. The average molecular weight is 322 g/mol. The molecule has 0 saturated heterocycles. The van der Waals surface area contributed by atoms with Crippen LogP contribution >= 0.6 is 0 Å². The quantitative estimate of drug-likeness (QED) is 0.757. The van der Waals surface area contributed by atoms with E-state index < -0.39 is 0 Å². The number of pyridine rings is 1. The summed E-state index contributed by atoms with van der Waals surface area (Å²) in [6.07, 6.45) is 1.64. The Balaban J connectivity index is 1.93. The predicted molar refractivity (Wildman–Crippen MR) is 91.7 cm³/mol. The number of carbonyl (C=O) groups is 1. The minimum absolute atomic E-state index is 0.0866. The summed E-state index contributed by atoms with van der Waals surface area (Å²) < 4.78 is 0. The third kappa shape index (κ3) is 3.36. The molecule has 3 aromatic rings. The molecule has 5 nitrogen and oxygen atoms in total. The van der Waals surface area contributed by atoms with E-state index in [-0.39, 0.29) is 30.4 Å². The lowest BCUT2D eigenvalue weighted by molar-refractivity contribution is 0.0705. The van der Waals surface area contributed by atoms with E-state index in [9.17, 15) is 15.0 Å². The molecule has 1 amide bonds. The molecule has 24 heavy (non-hydrogen) atoms. The summed E-state index contributed by atoms with van der Waals surface area (Å²) in [7, 11) is 0. The normalized spacial score (nSPS) is 10.7. The van der Waals surface area contributed by atoms with Crippen molar-refractivity contribution in [2.24, 2.45) is 0 Å². The van der Waals surface area contributed by atoms with Crippen molar-refractivity contribution in [1.82, 2.24) is 9.88 Å². The highest BCUT2D eigenvalue weighted by molar-refractivity contribution is 6.00. The molecule has 1 heterocycles. The van der Waals surface area contributed by atoms with Crippen molar-refractivity contribution in [3.63, 3.8) is 0 Å². The molecule has 0 radical (unpaired) electrons. The van der Waals surface area contributed by atoms with Crippen LogP contribution in [0.1, 0.15) is 15.9 Å². The Morgan fingerprint density at radius 1 is 1.08 bits per heavy atom. The number of aliphatic hydroxyl groups is 1. The van der Waals surface area contributed by atoms with E-state index >= 15 is 0 Å². The van der Waals surface area contributed by atoms with E-state index in [0.717, 1.165) is 10.9 Å². The first-order chi connectivity index (χ1) is 11.7. The Kier molecular flexibility index (Phi) is 4.72. The van der Waals surface area contributed by atoms with Gasteiger partial charge in [-0.2, -0.15) is 0 Å². The number of phenols is 1. The summed E-state index contributed by atoms with van der Waals surface area (Å²) in [5, 5.41) is 20.3. The molecule has 5 heteroatoms. The summed E-state index contributed by atoms with van der Waals surface area (Å²) in [4.78, 5) is 18.6. The van der Waals surface area contributed by atoms with E-state index in [4.69, 9.17) is 0 Å². The number of phenolic OH excluding ortho intramolecular Hbond substituents is 1. The standard InChI is InChI=1S/C19H18N2O3/c22-10-9-21(13-14-5-2-1-3-6-14)19(24)16-12-17-15(11-18(16)23)7-4-8-20-17/h1-8,11-12,22-23H,9-10,13H2. The number of rotatable bonds is 5. The second-order valence-corrected chi connectivity index (χ2v) is 5.50. The van der Waals surface area contributed by atoms with Gasteiger partial charge in [-0.05, 0) is 23.8 Å². The summed E-state index contributed by atoms with van der Waals surface area (Å²) >= 11 is 0. The minimum Gasteiger partial charge on any atom is -0.507 e. The first-order valence-electron chi connectivity index (χ1n) is 7.71. The lowest BCUT2D eigenvalue weighted by Gasteiger charge is -2.22. The number of aromatic hydroxyl groups is 1. The van der Waals surface area contributed by atoms with Gasteiger partial charge in [0.25, 0.3) is 5.91 Å². The van der Waals surface area contributed by atoms with Crippen LogP contribution in [0.4, 0.5) is 0 Å². The molecule has 0 aliphatic carbocycles. The number of amides is 1. The van der Waals surface area contributed by atoms with E-state index in [2.05, 4.69) is 4.98 Å². The molecule has 0 unspecified atom stereocenters. The van der Waals surface area contributed by atoms with Crippen LogP contribution in [0.3, 0.4) is 0 Å². The minimum atomic E-state index is -0.335. The molecule has 2 N–H and O–H groups in total. The van der Waals surface area contributed by atoms with Crippen molar-refractivity contribution < 1.29 is 15.0 Å². The maximum absolute atomic E-state index is 12.8. The maximum Gasteiger partial charge on any atom is 0.258 e. The smallest absolute Gasteiger partial charge is 0.258 e. The molecule has 2 aromatic carbocycles. The fourth-order valence-corrected chi connectivity index (χ4v) is 2.63. The number of carbonyl (C=O) groups excluding carboxylic acids is 1. The summed E-state index contributed by atoms with van der Waals surface area (Å²) in [5.41, 5.74) is 1.78. The van der Waals surface area contributed by atoms with Crippen molar-refractivity contribution >= 4 is 16.8 Å². The second kappa shape index (κ2) is 7.10. The summed E-state index contributed by atoms with van der Waals surface area (Å²) in [6.45, 7) is 0.401. The fourth-order valence-electron chi connectivity index (χ4n) is 2.63. The zero-order chi connectivity index (χ0) is 16.9. The van der Waals surface area contributed by atoms with Gasteiger partial charge in [0.1, 0.15) is 5.75 Å². The Bertz CT molecular complexity index is 850. The molecule has 0 aliphatic heterocycles. The van der Waals surface area contributed by atoms with Gasteiger partial charge in [0.05, 0.1) is 17.7 Å². The molecule has 1 aromatic heterocycles. The van der Waals surface area contributed by atoms with Crippen molar-refractivity contribution in [3.05, 3.63) is 71.9 Å². The number of hydrogen-bond donors (Lipinski definition) is 2. The first-order valence-corrected chi connectivity index (χ1v) is 7.71. The van der Waals surface area contributed by atoms with Crippen molar-refractivity contribution in [1.29, 1.82) is 0 Å². The fraction of sp³-hybridized carbons (Fsp3) is 0.158. The van der Waals surface area contributed by atoms with E-state index in [0.29, 0.717) is 12.1 Å². The SMILES string of the molecule is O=C(c1cc2ncccc2cc1O)N(CCO)Cc1ccccc1. The number of nitrogens with zero attached hydrogens (tertiary/aromatic N) is 2. The Labute approximate surface area is 139 Å². The van der Waals surface area contributed by atoms with E-state index in [1.165, 1.54) is 11.0 Å². The summed E-state index contributed by atoms with van der Waals surface area (Å²) in [6, 6.07) is 16.3. The molecule has 0 saturated carbocycles. The van der Waals surface area contributed by atoms with Crippen LogP contribution in [0.5, 0.6) is 5.75 Å². The van der Waals surface area contributed by atoms with Crippen LogP contribution in [0.2, 0.25) is 0 Å². The molecule has 0 spiro atoms. The van der Waals surface area contributed by atoms with Crippen molar-refractivity contribution in [2.45, 2.75) is 6.54 Å². The van der Waals surface area contributed by atoms with Gasteiger partial charge in [-0.15, -0.1) is 0 Å². The Hall–Kier alpha value is -2.92. The lowest BCUT2D eigenvalue weighted by Crippen LogP contribution is -2.33. The third-order valence-electron chi connectivity index (χ3n) is 3.82. The van der Waals surface area contributed by atoms with Crippen LogP contribution in [0.15, 0.2) is 60.8 Å². The van der Waals surface area contributed by atoms with Gasteiger partial charge in [-0.25, -0.2) is 0 Å². The van der Waals surface area contributed by atoms with Crippen LogP contribution < -0.4 is 0 Å². The molecule has 0 fully saturated rings. The van der Waals surface area contributed by atoms with Crippen molar-refractivity contribution in [3.8, 4) is 5.75 Å². The molecular formula is C19H18N2O3. The van der Waals surface area contributed by atoms with Crippen LogP contribution in [0.25, 0.3) is 10.9 Å². The topological polar surface area (TPSA) is 73.7 Å². The highest BCUT2D eigenvalue weighted by atomic mass is 16.3. The molecule has 0 bridgehead atoms. The number of fused-ring (bicyclic) bond motifs is 1. The number of benzene rings is 2. The average Bonchev–Trinajstić information content (AvgIpc) is 2.61. The zero-order valence-electron chi connectivity index (χ0n) is 13.1. The van der Waals surface area contributed by atoms with Crippen LogP contribution in [0, 0.1) is 0 Å². The monoisotopic (exact) mass is 322 g/mol. The maximum atomic E-state index is 12.8. The van der Waals surface area contributed by atoms with Gasteiger partial charge in [0.15, 0.2) is 0 Å². The van der Waals surface area contributed by atoms with Gasteiger partial charge in [0, 0.05) is 24.7 Å². The second-order valence-electron chi connectivity index (χ2n) is 5.50. The number of aliphatic hydroxyl groups excluding tert-OH is 1. The number of aromatic nitrogens is 1. The zero-order valence-corrected chi connectivity index (χ0v) is 13.1. The molecule has 122 valence electrons. The van der Waals surface area contributed by atoms with Gasteiger partial charge in [-0.1, -0.05) is 36.4 Å². The highest BCUT2D eigenvalue weighted by Crippen LogP contribution is 2.25. The van der Waals surface area contributed by atoms with Crippen molar-refractivity contribution in [2.75, 3.05) is 13.2 Å². The number of hydrogen-bond acceptors (Lipinski definition) is 4.